The van der Waals surface area contributed by atoms with E-state index >= 15 is 8.78 Å². The number of halogens is 2. The van der Waals surface area contributed by atoms with Crippen LogP contribution in [-0.2, 0) is 6.54 Å². The number of carboxylic acid groups (broad SMARTS) is 1. The fourth-order valence-electron chi connectivity index (χ4n) is 6.31. The second-order valence-corrected chi connectivity index (χ2v) is 12.2. The third-order valence-corrected chi connectivity index (χ3v) is 9.05. The Morgan fingerprint density at radius 2 is 1.78 bits per heavy atom. The molecule has 3 heterocycles. The topological polar surface area (TPSA) is 152 Å². The molecule has 46 heavy (non-hydrogen) atoms. The third kappa shape index (κ3) is 6.12. The van der Waals surface area contributed by atoms with Crippen molar-refractivity contribution in [2.45, 2.75) is 58.0 Å². The lowest BCUT2D eigenvalue weighted by Gasteiger charge is -2.35. The summed E-state index contributed by atoms with van der Waals surface area (Å²) >= 11 is 0. The molecule has 242 valence electrons. The summed E-state index contributed by atoms with van der Waals surface area (Å²) in [5.74, 6) is -3.27. The number of pyridine rings is 1. The van der Waals surface area contributed by atoms with Crippen LogP contribution in [0.4, 0.5) is 20.3 Å². The van der Waals surface area contributed by atoms with Gasteiger partial charge < -0.3 is 20.7 Å². The lowest BCUT2D eigenvalue weighted by molar-refractivity contribution is 0.0694. The minimum absolute atomic E-state index is 0.0160. The Labute approximate surface area is 262 Å². The molecule has 0 radical (unpaired) electrons. The predicted octanol–water partition coefficient (Wildman–Crippen LogP) is 4.02. The largest absolute Gasteiger partial charge is 0.477 e. The fraction of sp³-hybridized carbons (Fsp3) is 0.394. The molecule has 1 aliphatic carbocycles. The molecule has 2 aromatic heterocycles. The van der Waals surface area contributed by atoms with Gasteiger partial charge in [-0.1, -0.05) is 6.07 Å². The molecule has 1 unspecified atom stereocenters. The number of rotatable bonds is 10. The van der Waals surface area contributed by atoms with Gasteiger partial charge in [-0.15, -0.1) is 0 Å². The van der Waals surface area contributed by atoms with Crippen LogP contribution in [0.25, 0.3) is 10.9 Å². The number of nitrogens with zero attached hydrogens (tertiary/aromatic N) is 2. The molecular formula is C33H36F2N6O5. The number of piperazine rings is 1. The number of hydrogen-bond donors (Lipinski definition) is 5. The van der Waals surface area contributed by atoms with Crippen molar-refractivity contribution in [3.05, 3.63) is 101 Å². The van der Waals surface area contributed by atoms with Crippen molar-refractivity contribution in [2.75, 3.05) is 31.5 Å². The van der Waals surface area contributed by atoms with Crippen LogP contribution in [0.3, 0.4) is 0 Å². The van der Waals surface area contributed by atoms with Gasteiger partial charge >= 0.3 is 11.7 Å². The van der Waals surface area contributed by atoms with Crippen LogP contribution in [0.15, 0.2) is 44.7 Å². The number of aromatic amines is 2. The highest BCUT2D eigenvalue weighted by atomic mass is 19.1. The highest BCUT2D eigenvalue weighted by molar-refractivity contribution is 5.94. The first kappa shape index (κ1) is 31.4. The van der Waals surface area contributed by atoms with Gasteiger partial charge in [-0.3, -0.25) is 24.0 Å². The maximum absolute atomic E-state index is 16.3. The Morgan fingerprint density at radius 1 is 1.04 bits per heavy atom. The molecule has 1 saturated carbocycles. The highest BCUT2D eigenvalue weighted by Crippen LogP contribution is 2.41. The predicted molar refractivity (Wildman–Crippen MR) is 170 cm³/mol. The lowest BCUT2D eigenvalue weighted by atomic mass is 9.95. The summed E-state index contributed by atoms with van der Waals surface area (Å²) in [7, 11) is 0. The highest BCUT2D eigenvalue weighted by Gasteiger charge is 2.34. The van der Waals surface area contributed by atoms with Gasteiger partial charge in [-0.05, 0) is 68.9 Å². The first-order valence-corrected chi connectivity index (χ1v) is 15.5. The second kappa shape index (κ2) is 12.6. The molecule has 4 aromatic rings. The zero-order valence-electron chi connectivity index (χ0n) is 25.6. The molecule has 0 amide bonds. The van der Waals surface area contributed by atoms with Crippen LogP contribution in [-0.4, -0.2) is 56.7 Å². The number of aromatic carboxylic acids is 1. The molecule has 11 nitrogen and oxygen atoms in total. The van der Waals surface area contributed by atoms with Crippen LogP contribution in [0.5, 0.6) is 0 Å². The molecule has 6 rings (SSSR count). The number of carbonyl (C=O) groups is 1. The van der Waals surface area contributed by atoms with E-state index in [1.165, 1.54) is 6.07 Å². The van der Waals surface area contributed by atoms with Gasteiger partial charge in [-0.25, -0.2) is 18.4 Å². The van der Waals surface area contributed by atoms with E-state index in [1.807, 2.05) is 36.9 Å². The van der Waals surface area contributed by atoms with Crippen molar-refractivity contribution in [1.29, 1.82) is 0 Å². The minimum atomic E-state index is -1.44. The summed E-state index contributed by atoms with van der Waals surface area (Å²) < 4.78 is 33.2. The summed E-state index contributed by atoms with van der Waals surface area (Å²) in [5.41, 5.74) is 0.0762. The number of hydrogen-bond acceptors (Lipinski definition) is 7. The SMILES string of the molecule is Cc1ccc(Nc2cc(=O)n(CCCC(c3c(F)cc4c(=O)c(C(=O)O)c(C5CC5)[nH]c4c3F)N3CCNCC3)c(=O)[nH]2)cc1C. The maximum atomic E-state index is 16.3. The van der Waals surface area contributed by atoms with E-state index in [1.54, 1.807) is 0 Å². The minimum Gasteiger partial charge on any atom is -0.477 e. The van der Waals surface area contributed by atoms with Crippen molar-refractivity contribution in [2.24, 2.45) is 0 Å². The molecule has 1 atom stereocenters. The standard InChI is InChI=1S/C33H36F2N6O5/c1-17-5-8-20(14-18(17)2)37-24-16-25(42)41(33(46)38-24)11-3-4-23(40-12-9-36-10-13-40)26-22(34)15-21-30(28(26)35)39-29(19-6-7-19)27(31(21)43)32(44)45/h5,8,14-16,19,23,36-37H,3-4,6-7,9-13H2,1-2H3,(H,38,46)(H,39,43)(H,44,45). The van der Waals surface area contributed by atoms with Gasteiger partial charge in [0.15, 0.2) is 5.82 Å². The molecule has 0 bridgehead atoms. The molecule has 2 fully saturated rings. The average molecular weight is 635 g/mol. The number of fused-ring (bicyclic) bond motifs is 1. The summed E-state index contributed by atoms with van der Waals surface area (Å²) in [6.45, 7) is 6.18. The molecule has 13 heteroatoms. The van der Waals surface area contributed by atoms with Crippen LogP contribution in [0.2, 0.25) is 0 Å². The summed E-state index contributed by atoms with van der Waals surface area (Å²) in [6, 6.07) is 7.14. The van der Waals surface area contributed by atoms with E-state index in [9.17, 15) is 24.3 Å². The van der Waals surface area contributed by atoms with E-state index in [4.69, 9.17) is 0 Å². The molecular weight excluding hydrogens is 598 g/mol. The molecule has 1 aliphatic heterocycles. The first-order valence-electron chi connectivity index (χ1n) is 15.5. The summed E-state index contributed by atoms with van der Waals surface area (Å²) in [4.78, 5) is 58.4. The zero-order chi connectivity index (χ0) is 32.7. The van der Waals surface area contributed by atoms with Crippen molar-refractivity contribution in [3.8, 4) is 0 Å². The fourth-order valence-corrected chi connectivity index (χ4v) is 6.31. The number of anilines is 2. The van der Waals surface area contributed by atoms with Crippen LogP contribution in [0, 0.1) is 25.5 Å². The van der Waals surface area contributed by atoms with Crippen molar-refractivity contribution in [1.82, 2.24) is 24.8 Å². The van der Waals surface area contributed by atoms with Gasteiger partial charge in [0.1, 0.15) is 17.2 Å². The second-order valence-electron chi connectivity index (χ2n) is 12.2. The monoisotopic (exact) mass is 634 g/mol. The van der Waals surface area contributed by atoms with E-state index < -0.39 is 45.9 Å². The van der Waals surface area contributed by atoms with E-state index in [2.05, 4.69) is 20.6 Å². The van der Waals surface area contributed by atoms with Gasteiger partial charge in [0.2, 0.25) is 5.43 Å². The average Bonchev–Trinajstić information content (AvgIpc) is 3.86. The number of aromatic nitrogens is 3. The van der Waals surface area contributed by atoms with Gasteiger partial charge in [0, 0.05) is 67.7 Å². The Balaban J connectivity index is 1.29. The molecule has 1 saturated heterocycles. The van der Waals surface area contributed by atoms with Gasteiger partial charge in [0.05, 0.1) is 10.9 Å². The van der Waals surface area contributed by atoms with Crippen LogP contribution >= 0.6 is 0 Å². The third-order valence-electron chi connectivity index (χ3n) is 9.05. The van der Waals surface area contributed by atoms with Gasteiger partial charge in [0.25, 0.3) is 5.56 Å². The molecule has 2 aromatic carbocycles. The quantitative estimate of drug-likeness (QED) is 0.176. The van der Waals surface area contributed by atoms with Crippen molar-refractivity contribution in [3.63, 3.8) is 0 Å². The number of carboxylic acids is 1. The lowest BCUT2D eigenvalue weighted by Crippen LogP contribution is -2.45. The molecule has 0 spiro atoms. The Morgan fingerprint density at radius 3 is 2.43 bits per heavy atom. The van der Waals surface area contributed by atoms with E-state index in [0.29, 0.717) is 39.0 Å². The number of aryl methyl sites for hydroxylation is 2. The van der Waals surface area contributed by atoms with E-state index in [0.717, 1.165) is 27.4 Å². The van der Waals surface area contributed by atoms with Gasteiger partial charge in [-0.2, -0.15) is 0 Å². The number of benzene rings is 2. The Kier molecular flexibility index (Phi) is 8.62. The van der Waals surface area contributed by atoms with Crippen LogP contribution in [0.1, 0.15) is 70.4 Å². The maximum Gasteiger partial charge on any atom is 0.341 e. The normalized spacial score (nSPS) is 16.1. The van der Waals surface area contributed by atoms with Crippen molar-refractivity contribution >= 4 is 28.4 Å². The smallest absolute Gasteiger partial charge is 0.341 e. The molecule has 5 N–H and O–H groups in total. The first-order chi connectivity index (χ1) is 22.0. The molecule has 2 aliphatic rings. The number of H-pyrrole nitrogens is 2. The Bertz CT molecular complexity index is 1980. The summed E-state index contributed by atoms with van der Waals surface area (Å²) in [5, 5.41) is 15.6. The van der Waals surface area contributed by atoms with E-state index in [-0.39, 0.29) is 53.3 Å². The Hall–Kier alpha value is -4.62. The number of nitrogens with one attached hydrogen (secondary N) is 4. The van der Waals surface area contributed by atoms with Crippen molar-refractivity contribution < 1.29 is 18.7 Å². The van der Waals surface area contributed by atoms with Crippen LogP contribution < -0.4 is 27.3 Å². The summed E-state index contributed by atoms with van der Waals surface area (Å²) in [6.07, 6.45) is 1.80. The zero-order valence-corrected chi connectivity index (χ0v) is 25.6.